The Morgan fingerprint density at radius 1 is 1.47 bits per heavy atom. The maximum atomic E-state index is 5.79. The molecule has 17 heavy (non-hydrogen) atoms. The third-order valence-corrected chi connectivity index (χ3v) is 3.25. The summed E-state index contributed by atoms with van der Waals surface area (Å²) in [7, 11) is 0. The number of rotatable bonds is 6. The maximum Gasteiger partial charge on any atom is 0.208 e. The lowest BCUT2D eigenvalue weighted by molar-refractivity contribution is 0.0971. The summed E-state index contributed by atoms with van der Waals surface area (Å²) in [5, 5.41) is 3.29. The quantitative estimate of drug-likeness (QED) is 0.773. The van der Waals surface area contributed by atoms with Crippen molar-refractivity contribution in [2.24, 2.45) is 0 Å². The Labute approximate surface area is 103 Å². The summed E-state index contributed by atoms with van der Waals surface area (Å²) < 4.78 is 11.5. The minimum atomic E-state index is 0.305. The number of hydrogen-bond donors (Lipinski definition) is 1. The molecule has 1 saturated heterocycles. The average Bonchev–Trinajstić information content (AvgIpc) is 2.96. The zero-order valence-corrected chi connectivity index (χ0v) is 10.7. The van der Waals surface area contributed by atoms with Gasteiger partial charge in [0.05, 0.1) is 18.8 Å². The normalized spacial score (nSPS) is 24.4. The Hall–Kier alpha value is -0.870. The predicted molar refractivity (Wildman–Crippen MR) is 65.9 cm³/mol. The second-order valence-corrected chi connectivity index (χ2v) is 4.55. The van der Waals surface area contributed by atoms with E-state index < -0.39 is 0 Å². The van der Waals surface area contributed by atoms with Crippen LogP contribution in [-0.4, -0.2) is 24.2 Å². The first-order chi connectivity index (χ1) is 8.35. The van der Waals surface area contributed by atoms with Crippen molar-refractivity contribution in [2.75, 3.05) is 13.2 Å². The highest BCUT2D eigenvalue weighted by Crippen LogP contribution is 2.33. The molecule has 4 nitrogen and oxygen atoms in total. The molecule has 1 N–H and O–H groups in total. The van der Waals surface area contributed by atoms with Gasteiger partial charge in [0.2, 0.25) is 5.89 Å². The molecule has 2 atom stereocenters. The standard InChI is InChI=1S/C13H22N2O2/c1-3-6-14-9-13-15-8-12(17-13)10-5-7-16-11(10)4-2/h8,10-11,14H,3-7,9H2,1-2H3. The monoisotopic (exact) mass is 238 g/mol. The molecule has 0 aliphatic carbocycles. The number of hydrogen-bond acceptors (Lipinski definition) is 4. The van der Waals surface area contributed by atoms with Gasteiger partial charge < -0.3 is 14.5 Å². The molecule has 0 bridgehead atoms. The van der Waals surface area contributed by atoms with E-state index in [0.29, 0.717) is 12.0 Å². The van der Waals surface area contributed by atoms with Crippen molar-refractivity contribution in [3.8, 4) is 0 Å². The molecule has 2 unspecified atom stereocenters. The third kappa shape index (κ3) is 3.07. The van der Waals surface area contributed by atoms with Crippen molar-refractivity contribution in [1.82, 2.24) is 10.3 Å². The van der Waals surface area contributed by atoms with E-state index in [2.05, 4.69) is 24.1 Å². The second-order valence-electron chi connectivity index (χ2n) is 4.55. The molecule has 1 aromatic heterocycles. The summed E-state index contributed by atoms with van der Waals surface area (Å²) in [5.41, 5.74) is 0. The molecule has 0 saturated carbocycles. The molecule has 96 valence electrons. The van der Waals surface area contributed by atoms with Crippen molar-refractivity contribution >= 4 is 0 Å². The van der Waals surface area contributed by atoms with Gasteiger partial charge in [-0.25, -0.2) is 4.98 Å². The van der Waals surface area contributed by atoms with E-state index in [1.165, 1.54) is 0 Å². The van der Waals surface area contributed by atoms with Gasteiger partial charge in [0.1, 0.15) is 5.76 Å². The highest BCUT2D eigenvalue weighted by Gasteiger charge is 2.30. The molecule has 0 spiro atoms. The van der Waals surface area contributed by atoms with Crippen LogP contribution in [0.5, 0.6) is 0 Å². The van der Waals surface area contributed by atoms with Crippen LogP contribution in [0, 0.1) is 0 Å². The van der Waals surface area contributed by atoms with Crippen molar-refractivity contribution in [3.63, 3.8) is 0 Å². The zero-order valence-electron chi connectivity index (χ0n) is 10.7. The van der Waals surface area contributed by atoms with Gasteiger partial charge in [0.15, 0.2) is 0 Å². The van der Waals surface area contributed by atoms with Crippen LogP contribution in [0.25, 0.3) is 0 Å². The summed E-state index contributed by atoms with van der Waals surface area (Å²) in [6, 6.07) is 0. The molecule has 4 heteroatoms. The fourth-order valence-corrected chi connectivity index (χ4v) is 2.33. The molecule has 1 fully saturated rings. The first-order valence-corrected chi connectivity index (χ1v) is 6.62. The molecule has 1 aliphatic heterocycles. The Morgan fingerprint density at radius 3 is 3.12 bits per heavy atom. The summed E-state index contributed by atoms with van der Waals surface area (Å²) in [5.74, 6) is 2.17. The van der Waals surface area contributed by atoms with Gasteiger partial charge in [0, 0.05) is 12.5 Å². The van der Waals surface area contributed by atoms with E-state index in [4.69, 9.17) is 9.15 Å². The Kier molecular flexibility index (Phi) is 4.57. The zero-order chi connectivity index (χ0) is 12.1. The van der Waals surface area contributed by atoms with Crippen LogP contribution in [0.2, 0.25) is 0 Å². The molecule has 1 aliphatic rings. The minimum Gasteiger partial charge on any atom is -0.444 e. The van der Waals surface area contributed by atoms with Crippen LogP contribution in [0.1, 0.15) is 50.7 Å². The van der Waals surface area contributed by atoms with Crippen LogP contribution in [0.15, 0.2) is 10.6 Å². The lowest BCUT2D eigenvalue weighted by Crippen LogP contribution is -2.14. The van der Waals surface area contributed by atoms with E-state index in [9.17, 15) is 0 Å². The molecular formula is C13H22N2O2. The van der Waals surface area contributed by atoms with Crippen LogP contribution in [0.4, 0.5) is 0 Å². The number of aromatic nitrogens is 1. The predicted octanol–water partition coefficient (Wildman–Crippen LogP) is 2.46. The molecule has 0 aromatic carbocycles. The van der Waals surface area contributed by atoms with Gasteiger partial charge in [-0.1, -0.05) is 13.8 Å². The average molecular weight is 238 g/mol. The van der Waals surface area contributed by atoms with Gasteiger partial charge >= 0.3 is 0 Å². The molecule has 0 radical (unpaired) electrons. The highest BCUT2D eigenvalue weighted by atomic mass is 16.5. The Balaban J connectivity index is 1.93. The molecular weight excluding hydrogens is 216 g/mol. The first-order valence-electron chi connectivity index (χ1n) is 6.62. The van der Waals surface area contributed by atoms with Gasteiger partial charge in [0.25, 0.3) is 0 Å². The topological polar surface area (TPSA) is 47.3 Å². The van der Waals surface area contributed by atoms with E-state index in [0.717, 1.165) is 50.6 Å². The van der Waals surface area contributed by atoms with E-state index in [1.807, 2.05) is 6.20 Å². The SMILES string of the molecule is CCCNCc1ncc(C2CCOC2CC)o1. The van der Waals surface area contributed by atoms with Crippen LogP contribution in [-0.2, 0) is 11.3 Å². The third-order valence-electron chi connectivity index (χ3n) is 3.25. The van der Waals surface area contributed by atoms with Gasteiger partial charge in [-0.05, 0) is 25.8 Å². The van der Waals surface area contributed by atoms with E-state index in [-0.39, 0.29) is 0 Å². The summed E-state index contributed by atoms with van der Waals surface area (Å²) in [6.07, 6.45) is 5.39. The fourth-order valence-electron chi connectivity index (χ4n) is 2.33. The van der Waals surface area contributed by atoms with Crippen molar-refractivity contribution in [3.05, 3.63) is 17.8 Å². The van der Waals surface area contributed by atoms with Crippen LogP contribution < -0.4 is 5.32 Å². The molecule has 2 heterocycles. The largest absolute Gasteiger partial charge is 0.444 e. The van der Waals surface area contributed by atoms with Crippen molar-refractivity contribution in [2.45, 2.75) is 51.7 Å². The molecule has 0 amide bonds. The number of nitrogens with zero attached hydrogens (tertiary/aromatic N) is 1. The molecule has 2 rings (SSSR count). The number of nitrogens with one attached hydrogen (secondary N) is 1. The van der Waals surface area contributed by atoms with Gasteiger partial charge in [-0.15, -0.1) is 0 Å². The van der Waals surface area contributed by atoms with Crippen molar-refractivity contribution < 1.29 is 9.15 Å². The van der Waals surface area contributed by atoms with Crippen LogP contribution in [0.3, 0.4) is 0 Å². The summed E-state index contributed by atoms with van der Waals surface area (Å²) in [6.45, 7) is 6.87. The van der Waals surface area contributed by atoms with E-state index in [1.54, 1.807) is 0 Å². The molecule has 1 aromatic rings. The minimum absolute atomic E-state index is 0.305. The maximum absolute atomic E-state index is 5.79. The number of oxazole rings is 1. The number of ether oxygens (including phenoxy) is 1. The van der Waals surface area contributed by atoms with Crippen LogP contribution >= 0.6 is 0 Å². The summed E-state index contributed by atoms with van der Waals surface area (Å²) >= 11 is 0. The fraction of sp³-hybridized carbons (Fsp3) is 0.769. The van der Waals surface area contributed by atoms with Crippen molar-refractivity contribution in [1.29, 1.82) is 0 Å². The Bertz CT molecular complexity index is 338. The van der Waals surface area contributed by atoms with Gasteiger partial charge in [-0.2, -0.15) is 0 Å². The highest BCUT2D eigenvalue weighted by molar-refractivity contribution is 5.06. The Morgan fingerprint density at radius 2 is 2.35 bits per heavy atom. The second kappa shape index (κ2) is 6.17. The smallest absolute Gasteiger partial charge is 0.208 e. The summed E-state index contributed by atoms with van der Waals surface area (Å²) in [4.78, 5) is 4.32. The van der Waals surface area contributed by atoms with Gasteiger partial charge in [-0.3, -0.25) is 0 Å². The first kappa shape index (κ1) is 12.6. The lowest BCUT2D eigenvalue weighted by atomic mass is 9.97. The van der Waals surface area contributed by atoms with E-state index >= 15 is 0 Å². The lowest BCUT2D eigenvalue weighted by Gasteiger charge is -2.13.